The number of para-hydroxylation sites is 1. The van der Waals surface area contributed by atoms with Crippen LogP contribution >= 0.6 is 0 Å². The molecule has 1 heterocycles. The number of likely N-dealkylation sites (N-methyl/N-ethyl adjacent to an activating group) is 1. The van der Waals surface area contributed by atoms with Crippen LogP contribution in [0.5, 0.6) is 11.6 Å². The van der Waals surface area contributed by atoms with Crippen LogP contribution in [0.3, 0.4) is 0 Å². The highest BCUT2D eigenvalue weighted by atomic mass is 19.1. The molecule has 0 saturated carbocycles. The molecule has 0 bridgehead atoms. The van der Waals surface area contributed by atoms with Crippen LogP contribution in [0.4, 0.5) is 15.8 Å². The summed E-state index contributed by atoms with van der Waals surface area (Å²) in [5.41, 5.74) is 4.10. The number of anilines is 1. The first-order valence-corrected chi connectivity index (χ1v) is 13.2. The minimum absolute atomic E-state index is 0.0953. The lowest BCUT2D eigenvalue weighted by Gasteiger charge is -2.25. The van der Waals surface area contributed by atoms with Crippen LogP contribution in [0.15, 0.2) is 102 Å². The smallest absolute Gasteiger partial charge is 0.262 e. The van der Waals surface area contributed by atoms with Gasteiger partial charge in [0.15, 0.2) is 5.88 Å². The van der Waals surface area contributed by atoms with E-state index in [0.29, 0.717) is 58.0 Å². The molecular formula is C33H31FN4O3. The fraction of sp³-hybridized carbons (Fsp3) is 0.152. The standard InChI is InChI=1S/C33H31FN4O3/c1-37(2)19-20-38(33(40)27-11-7-8-12-29(27)41-3)25-16-14-24(15-17-25)35-31(22-9-5-4-6-10-22)30-26-18-13-23(34)21-28(26)36-32(30)39/h4-18,21,36,39H,19-20H2,1-3H3. The quantitative estimate of drug-likeness (QED) is 0.208. The van der Waals surface area contributed by atoms with Gasteiger partial charge in [0.05, 0.1) is 35.2 Å². The van der Waals surface area contributed by atoms with Gasteiger partial charge in [0.1, 0.15) is 11.6 Å². The van der Waals surface area contributed by atoms with E-state index in [1.807, 2.05) is 85.7 Å². The number of carbonyl (C=O) groups is 1. The van der Waals surface area contributed by atoms with Gasteiger partial charge < -0.3 is 24.6 Å². The third-order valence-corrected chi connectivity index (χ3v) is 6.78. The average Bonchev–Trinajstić information content (AvgIpc) is 3.31. The first-order valence-electron chi connectivity index (χ1n) is 13.2. The summed E-state index contributed by atoms with van der Waals surface area (Å²) in [5, 5.41) is 11.5. The highest BCUT2D eigenvalue weighted by Crippen LogP contribution is 2.32. The van der Waals surface area contributed by atoms with Crippen LogP contribution in [0.1, 0.15) is 21.5 Å². The number of aromatic amines is 1. The number of hydrogen-bond acceptors (Lipinski definition) is 5. The highest BCUT2D eigenvalue weighted by Gasteiger charge is 2.22. The number of methoxy groups -OCH3 is 1. The maximum absolute atomic E-state index is 13.9. The minimum atomic E-state index is -0.402. The van der Waals surface area contributed by atoms with Crippen LogP contribution < -0.4 is 9.64 Å². The van der Waals surface area contributed by atoms with E-state index in [4.69, 9.17) is 9.73 Å². The number of H-pyrrole nitrogens is 1. The number of aromatic hydroxyl groups is 1. The predicted octanol–water partition coefficient (Wildman–Crippen LogP) is 6.40. The molecule has 8 heteroatoms. The van der Waals surface area contributed by atoms with Crippen molar-refractivity contribution in [3.05, 3.63) is 120 Å². The number of aromatic nitrogens is 1. The molecular weight excluding hydrogens is 519 g/mol. The van der Waals surface area contributed by atoms with Crippen LogP contribution in [0.2, 0.25) is 0 Å². The molecule has 0 aliphatic carbocycles. The molecule has 5 rings (SSSR count). The number of fused-ring (bicyclic) bond motifs is 1. The molecule has 0 aliphatic heterocycles. The van der Waals surface area contributed by atoms with Crippen molar-refractivity contribution in [1.82, 2.24) is 9.88 Å². The molecule has 0 saturated heterocycles. The van der Waals surface area contributed by atoms with E-state index in [1.54, 1.807) is 30.2 Å². The fourth-order valence-electron chi connectivity index (χ4n) is 4.71. The Morgan fingerprint density at radius 3 is 2.34 bits per heavy atom. The third-order valence-electron chi connectivity index (χ3n) is 6.78. The molecule has 41 heavy (non-hydrogen) atoms. The second-order valence-electron chi connectivity index (χ2n) is 9.84. The van der Waals surface area contributed by atoms with Gasteiger partial charge in [0, 0.05) is 29.7 Å². The topological polar surface area (TPSA) is 81.2 Å². The van der Waals surface area contributed by atoms with Crippen molar-refractivity contribution >= 4 is 33.9 Å². The van der Waals surface area contributed by atoms with E-state index >= 15 is 0 Å². The summed E-state index contributed by atoms with van der Waals surface area (Å²) in [6.07, 6.45) is 0. The van der Waals surface area contributed by atoms with E-state index in [-0.39, 0.29) is 11.8 Å². The Morgan fingerprint density at radius 2 is 1.63 bits per heavy atom. The van der Waals surface area contributed by atoms with Gasteiger partial charge in [0.25, 0.3) is 5.91 Å². The summed E-state index contributed by atoms with van der Waals surface area (Å²) in [4.78, 5) is 25.2. The van der Waals surface area contributed by atoms with Crippen molar-refractivity contribution in [3.63, 3.8) is 0 Å². The number of ether oxygens (including phenoxy) is 1. The maximum Gasteiger partial charge on any atom is 0.262 e. The number of benzene rings is 4. The summed E-state index contributed by atoms with van der Waals surface area (Å²) in [6, 6.07) is 28.4. The lowest BCUT2D eigenvalue weighted by molar-refractivity contribution is 0.0982. The molecule has 0 fully saturated rings. The molecule has 1 aromatic heterocycles. The number of amides is 1. The van der Waals surface area contributed by atoms with Crippen LogP contribution in [-0.4, -0.2) is 60.9 Å². The molecule has 5 aromatic rings. The Balaban J connectivity index is 1.55. The van der Waals surface area contributed by atoms with Crippen molar-refractivity contribution in [3.8, 4) is 11.6 Å². The van der Waals surface area contributed by atoms with Gasteiger partial charge in [-0.3, -0.25) is 4.79 Å². The zero-order valence-corrected chi connectivity index (χ0v) is 23.1. The van der Waals surface area contributed by atoms with Crippen LogP contribution in [0, 0.1) is 5.82 Å². The Labute approximate surface area is 238 Å². The monoisotopic (exact) mass is 550 g/mol. The SMILES string of the molecule is COc1ccccc1C(=O)N(CCN(C)C)c1ccc(N=C(c2ccccc2)c2c(O)[nH]c3cc(F)ccc23)cc1. The highest BCUT2D eigenvalue weighted by molar-refractivity contribution is 6.21. The molecule has 0 atom stereocenters. The zero-order valence-electron chi connectivity index (χ0n) is 23.1. The summed E-state index contributed by atoms with van der Waals surface area (Å²) < 4.78 is 19.3. The summed E-state index contributed by atoms with van der Waals surface area (Å²) >= 11 is 0. The number of aliphatic imine (C=N–C) groups is 1. The summed E-state index contributed by atoms with van der Waals surface area (Å²) in [6.45, 7) is 1.14. The zero-order chi connectivity index (χ0) is 28.9. The van der Waals surface area contributed by atoms with E-state index in [9.17, 15) is 14.3 Å². The van der Waals surface area contributed by atoms with Gasteiger partial charge in [-0.05, 0) is 68.7 Å². The Bertz CT molecular complexity index is 1700. The third kappa shape index (κ3) is 5.97. The Morgan fingerprint density at radius 1 is 0.927 bits per heavy atom. The van der Waals surface area contributed by atoms with Crippen molar-refractivity contribution < 1.29 is 19.0 Å². The van der Waals surface area contributed by atoms with Crippen molar-refractivity contribution in [2.75, 3.05) is 39.2 Å². The van der Waals surface area contributed by atoms with E-state index < -0.39 is 5.82 Å². The largest absolute Gasteiger partial charge is 0.496 e. The molecule has 7 nitrogen and oxygen atoms in total. The van der Waals surface area contributed by atoms with Crippen LogP contribution in [-0.2, 0) is 0 Å². The van der Waals surface area contributed by atoms with E-state index in [1.165, 1.54) is 12.1 Å². The first-order chi connectivity index (χ1) is 19.9. The van der Waals surface area contributed by atoms with Gasteiger partial charge >= 0.3 is 0 Å². The fourth-order valence-corrected chi connectivity index (χ4v) is 4.71. The first kappa shape index (κ1) is 27.6. The minimum Gasteiger partial charge on any atom is -0.496 e. The van der Waals surface area contributed by atoms with E-state index in [2.05, 4.69) is 4.98 Å². The number of nitrogens with one attached hydrogen (secondary N) is 1. The summed E-state index contributed by atoms with van der Waals surface area (Å²) in [5.74, 6) is -0.149. The maximum atomic E-state index is 13.9. The lowest BCUT2D eigenvalue weighted by Crippen LogP contribution is -2.37. The second kappa shape index (κ2) is 12.1. The molecule has 2 N–H and O–H groups in total. The molecule has 0 aliphatic rings. The van der Waals surface area contributed by atoms with E-state index in [0.717, 1.165) is 5.56 Å². The molecule has 0 unspecified atom stereocenters. The Kier molecular flexibility index (Phi) is 8.12. The van der Waals surface area contributed by atoms with Crippen molar-refractivity contribution in [2.45, 2.75) is 0 Å². The molecule has 0 spiro atoms. The van der Waals surface area contributed by atoms with Gasteiger partial charge in [-0.1, -0.05) is 42.5 Å². The molecule has 1 amide bonds. The van der Waals surface area contributed by atoms with Crippen molar-refractivity contribution in [2.24, 2.45) is 4.99 Å². The van der Waals surface area contributed by atoms with Gasteiger partial charge in [-0.15, -0.1) is 0 Å². The second-order valence-corrected chi connectivity index (χ2v) is 9.84. The van der Waals surface area contributed by atoms with Crippen LogP contribution in [0.25, 0.3) is 10.9 Å². The molecule has 208 valence electrons. The van der Waals surface area contributed by atoms with Crippen molar-refractivity contribution in [1.29, 1.82) is 0 Å². The predicted molar refractivity (Wildman–Crippen MR) is 161 cm³/mol. The number of rotatable bonds is 9. The number of carbonyl (C=O) groups excluding carboxylic acids is 1. The van der Waals surface area contributed by atoms with Gasteiger partial charge in [-0.2, -0.15) is 0 Å². The Hall–Kier alpha value is -4.95. The molecule has 4 aromatic carbocycles. The number of nitrogens with zero attached hydrogens (tertiary/aromatic N) is 3. The molecule has 0 radical (unpaired) electrons. The number of halogens is 1. The number of hydrogen-bond donors (Lipinski definition) is 2. The summed E-state index contributed by atoms with van der Waals surface area (Å²) in [7, 11) is 5.47. The average molecular weight is 551 g/mol. The van der Waals surface area contributed by atoms with Gasteiger partial charge in [-0.25, -0.2) is 9.38 Å². The lowest BCUT2D eigenvalue weighted by atomic mass is 10.0. The normalized spacial score (nSPS) is 11.7. The van der Waals surface area contributed by atoms with Gasteiger partial charge in [0.2, 0.25) is 0 Å².